The molecule has 102 valence electrons. The lowest BCUT2D eigenvalue weighted by molar-refractivity contribution is -0.146. The summed E-state index contributed by atoms with van der Waals surface area (Å²) in [6, 6.07) is 2.13. The lowest BCUT2D eigenvalue weighted by atomic mass is 9.91. The molecule has 2 atom stereocenters. The molecule has 1 saturated heterocycles. The van der Waals surface area contributed by atoms with E-state index in [0.717, 1.165) is 4.90 Å². The summed E-state index contributed by atoms with van der Waals surface area (Å²) in [5.74, 6) is -1.53. The Bertz CT molecular complexity index is 507. The van der Waals surface area contributed by atoms with Crippen molar-refractivity contribution in [3.05, 3.63) is 24.2 Å². The minimum atomic E-state index is -0.838. The molecule has 0 aliphatic carbocycles. The number of carbonyl (C=O) groups excluding carboxylic acids is 3. The molecule has 0 aromatic carbocycles. The van der Waals surface area contributed by atoms with Gasteiger partial charge >= 0.3 is 6.03 Å². The van der Waals surface area contributed by atoms with Crippen molar-refractivity contribution in [3.63, 3.8) is 0 Å². The number of furan rings is 1. The second-order valence-electron chi connectivity index (χ2n) is 4.92. The van der Waals surface area contributed by atoms with Crippen molar-refractivity contribution >= 4 is 17.8 Å². The Labute approximate surface area is 110 Å². The fourth-order valence-electron chi connectivity index (χ4n) is 2.22. The van der Waals surface area contributed by atoms with E-state index < -0.39 is 29.8 Å². The van der Waals surface area contributed by atoms with Crippen molar-refractivity contribution in [1.82, 2.24) is 10.2 Å². The van der Waals surface area contributed by atoms with E-state index in [4.69, 9.17) is 4.42 Å². The van der Waals surface area contributed by atoms with Crippen LogP contribution >= 0.6 is 0 Å². The maximum Gasteiger partial charge on any atom is 0.331 e. The second-order valence-corrected chi connectivity index (χ2v) is 4.92. The van der Waals surface area contributed by atoms with Gasteiger partial charge in [-0.1, -0.05) is 13.8 Å². The topological polar surface area (TPSA) is 79.6 Å². The molecule has 1 aliphatic heterocycles. The summed E-state index contributed by atoms with van der Waals surface area (Å²) < 4.78 is 5.21. The average Bonchev–Trinajstić information content (AvgIpc) is 2.80. The lowest BCUT2D eigenvalue weighted by Gasteiger charge is -2.34. The first-order valence-corrected chi connectivity index (χ1v) is 6.14. The third-order valence-electron chi connectivity index (χ3n) is 3.24. The summed E-state index contributed by atoms with van der Waals surface area (Å²) in [6.45, 7) is 5.23. The smallest absolute Gasteiger partial charge is 0.331 e. The van der Waals surface area contributed by atoms with Gasteiger partial charge in [0.25, 0.3) is 0 Å². The molecule has 0 bridgehead atoms. The summed E-state index contributed by atoms with van der Waals surface area (Å²) in [5, 5.41) is 2.22. The van der Waals surface area contributed by atoms with Crippen LogP contribution in [0.4, 0.5) is 4.79 Å². The van der Waals surface area contributed by atoms with Crippen LogP contribution in [-0.4, -0.2) is 22.7 Å². The summed E-state index contributed by atoms with van der Waals surface area (Å²) in [6.07, 6.45) is 1.48. The first kappa shape index (κ1) is 13.3. The molecule has 1 aliphatic rings. The molecule has 6 nitrogen and oxygen atoms in total. The molecular weight excluding hydrogens is 248 g/mol. The van der Waals surface area contributed by atoms with E-state index in [9.17, 15) is 14.4 Å². The molecule has 2 unspecified atom stereocenters. The molecule has 0 saturated carbocycles. The number of barbiturate groups is 1. The SMILES string of the molecule is CC(C)C1C(=O)NC(=O)N(C(C)c2ccco2)C1=O. The molecule has 2 rings (SSSR count). The number of nitrogens with one attached hydrogen (secondary N) is 1. The van der Waals surface area contributed by atoms with Gasteiger partial charge < -0.3 is 4.42 Å². The van der Waals surface area contributed by atoms with Crippen LogP contribution in [0.1, 0.15) is 32.6 Å². The third kappa shape index (κ3) is 2.25. The van der Waals surface area contributed by atoms with Crippen LogP contribution in [0.2, 0.25) is 0 Å². The average molecular weight is 264 g/mol. The number of nitrogens with zero attached hydrogens (tertiary/aromatic N) is 1. The van der Waals surface area contributed by atoms with E-state index in [0.29, 0.717) is 5.76 Å². The summed E-state index contributed by atoms with van der Waals surface area (Å²) >= 11 is 0. The highest BCUT2D eigenvalue weighted by Gasteiger charge is 2.44. The van der Waals surface area contributed by atoms with Gasteiger partial charge in [0, 0.05) is 0 Å². The number of amides is 4. The Hall–Kier alpha value is -2.11. The highest BCUT2D eigenvalue weighted by molar-refractivity contribution is 6.16. The standard InChI is InChI=1S/C13H16N2O4/c1-7(2)10-11(16)14-13(18)15(12(10)17)8(3)9-5-4-6-19-9/h4-8,10H,1-3H3,(H,14,16,18). The number of imide groups is 2. The van der Waals surface area contributed by atoms with E-state index in [-0.39, 0.29) is 5.92 Å². The van der Waals surface area contributed by atoms with Gasteiger partial charge in [0.15, 0.2) is 0 Å². The third-order valence-corrected chi connectivity index (χ3v) is 3.24. The Morgan fingerprint density at radius 3 is 2.47 bits per heavy atom. The molecule has 4 amide bonds. The van der Waals surface area contributed by atoms with E-state index in [2.05, 4.69) is 5.32 Å². The molecule has 0 radical (unpaired) electrons. The first-order valence-electron chi connectivity index (χ1n) is 6.14. The van der Waals surface area contributed by atoms with Crippen LogP contribution in [0.3, 0.4) is 0 Å². The van der Waals surface area contributed by atoms with Crippen LogP contribution < -0.4 is 5.32 Å². The van der Waals surface area contributed by atoms with Crippen molar-refractivity contribution in [2.24, 2.45) is 11.8 Å². The zero-order valence-corrected chi connectivity index (χ0v) is 11.0. The molecule has 2 heterocycles. The molecule has 1 aromatic rings. The number of carbonyl (C=O) groups is 3. The number of hydrogen-bond donors (Lipinski definition) is 1. The number of urea groups is 1. The zero-order valence-electron chi connectivity index (χ0n) is 11.0. The quantitative estimate of drug-likeness (QED) is 0.842. The van der Waals surface area contributed by atoms with E-state index in [1.807, 2.05) is 0 Å². The van der Waals surface area contributed by atoms with E-state index in [1.54, 1.807) is 32.9 Å². The highest BCUT2D eigenvalue weighted by Crippen LogP contribution is 2.27. The van der Waals surface area contributed by atoms with Gasteiger partial charge in [0.05, 0.1) is 12.3 Å². The highest BCUT2D eigenvalue weighted by atomic mass is 16.3. The van der Waals surface area contributed by atoms with Crippen LogP contribution in [0.25, 0.3) is 0 Å². The van der Waals surface area contributed by atoms with Crippen LogP contribution in [0.5, 0.6) is 0 Å². The molecule has 19 heavy (non-hydrogen) atoms. The Morgan fingerprint density at radius 1 is 1.26 bits per heavy atom. The Balaban J connectivity index is 2.31. The number of hydrogen-bond acceptors (Lipinski definition) is 4. The summed E-state index contributed by atoms with van der Waals surface area (Å²) in [7, 11) is 0. The van der Waals surface area contributed by atoms with Crippen molar-refractivity contribution in [1.29, 1.82) is 0 Å². The van der Waals surface area contributed by atoms with Gasteiger partial charge in [-0.05, 0) is 25.0 Å². The Kier molecular flexibility index (Phi) is 3.42. The predicted octanol–water partition coefficient (Wildman–Crippen LogP) is 1.69. The minimum absolute atomic E-state index is 0.174. The maximum absolute atomic E-state index is 12.3. The van der Waals surface area contributed by atoms with Crippen LogP contribution in [0, 0.1) is 11.8 Å². The van der Waals surface area contributed by atoms with Gasteiger partial charge in [-0.3, -0.25) is 19.8 Å². The monoisotopic (exact) mass is 264 g/mol. The zero-order chi connectivity index (χ0) is 14.2. The lowest BCUT2D eigenvalue weighted by Crippen LogP contribution is -2.59. The van der Waals surface area contributed by atoms with Crippen LogP contribution in [0.15, 0.2) is 22.8 Å². The normalized spacial score (nSPS) is 21.8. The van der Waals surface area contributed by atoms with Crippen molar-refractivity contribution in [2.45, 2.75) is 26.8 Å². The largest absolute Gasteiger partial charge is 0.467 e. The van der Waals surface area contributed by atoms with Gasteiger partial charge in [-0.2, -0.15) is 0 Å². The fraction of sp³-hybridized carbons (Fsp3) is 0.462. The van der Waals surface area contributed by atoms with Gasteiger partial charge in [0.2, 0.25) is 11.8 Å². The van der Waals surface area contributed by atoms with Gasteiger partial charge in [0.1, 0.15) is 11.7 Å². The van der Waals surface area contributed by atoms with Gasteiger partial charge in [-0.25, -0.2) is 4.79 Å². The van der Waals surface area contributed by atoms with Crippen molar-refractivity contribution in [2.75, 3.05) is 0 Å². The van der Waals surface area contributed by atoms with E-state index >= 15 is 0 Å². The van der Waals surface area contributed by atoms with Gasteiger partial charge in [-0.15, -0.1) is 0 Å². The molecular formula is C13H16N2O4. The van der Waals surface area contributed by atoms with E-state index in [1.165, 1.54) is 6.26 Å². The molecule has 0 spiro atoms. The number of rotatable bonds is 3. The molecule has 6 heteroatoms. The second kappa shape index (κ2) is 4.87. The Morgan fingerprint density at radius 2 is 1.95 bits per heavy atom. The maximum atomic E-state index is 12.3. The summed E-state index contributed by atoms with van der Waals surface area (Å²) in [4.78, 5) is 36.9. The first-order chi connectivity index (χ1) is 8.93. The minimum Gasteiger partial charge on any atom is -0.467 e. The molecule has 1 aromatic heterocycles. The molecule has 1 N–H and O–H groups in total. The van der Waals surface area contributed by atoms with Crippen LogP contribution in [-0.2, 0) is 9.59 Å². The molecule has 1 fully saturated rings. The fourth-order valence-corrected chi connectivity index (χ4v) is 2.22. The predicted molar refractivity (Wildman–Crippen MR) is 65.8 cm³/mol. The van der Waals surface area contributed by atoms with Crippen molar-refractivity contribution in [3.8, 4) is 0 Å². The van der Waals surface area contributed by atoms with Crippen molar-refractivity contribution < 1.29 is 18.8 Å². The summed E-state index contributed by atoms with van der Waals surface area (Å²) in [5.41, 5.74) is 0.